The molecule has 2 aromatic carbocycles. The summed E-state index contributed by atoms with van der Waals surface area (Å²) in [7, 11) is 11.3. The van der Waals surface area contributed by atoms with E-state index in [0.29, 0.717) is 58.7 Å². The SMILES string of the molecule is COc1cc(/C=C2\CN(C)C/C(=C\c3cc(OC)c(OC)c(OC)c3)C2=O)cc(OC)c1OC. The Balaban J connectivity index is 2.03. The van der Waals surface area contributed by atoms with E-state index in [-0.39, 0.29) is 5.78 Å². The van der Waals surface area contributed by atoms with E-state index in [9.17, 15) is 4.79 Å². The van der Waals surface area contributed by atoms with Crippen molar-refractivity contribution in [1.29, 1.82) is 0 Å². The van der Waals surface area contributed by atoms with Crippen LogP contribution in [0.25, 0.3) is 12.2 Å². The second kappa shape index (κ2) is 11.0. The Hall–Kier alpha value is -3.65. The Kier molecular flexibility index (Phi) is 8.07. The third-order valence-corrected chi connectivity index (χ3v) is 5.52. The number of carbonyl (C=O) groups excluding carboxylic acids is 1. The highest BCUT2D eigenvalue weighted by atomic mass is 16.5. The van der Waals surface area contributed by atoms with E-state index in [2.05, 4.69) is 4.90 Å². The molecule has 2 aromatic rings. The van der Waals surface area contributed by atoms with Crippen LogP contribution < -0.4 is 28.4 Å². The number of rotatable bonds is 8. The van der Waals surface area contributed by atoms with E-state index in [1.165, 1.54) is 0 Å². The third kappa shape index (κ3) is 5.12. The number of hydrogen-bond acceptors (Lipinski definition) is 8. The number of methoxy groups -OCH3 is 6. The van der Waals surface area contributed by atoms with Gasteiger partial charge >= 0.3 is 0 Å². The normalized spacial score (nSPS) is 16.5. The van der Waals surface area contributed by atoms with Crippen molar-refractivity contribution >= 4 is 17.9 Å². The maximum atomic E-state index is 13.4. The molecule has 8 nitrogen and oxygen atoms in total. The molecule has 1 heterocycles. The highest BCUT2D eigenvalue weighted by molar-refractivity contribution is 6.14. The lowest BCUT2D eigenvalue weighted by atomic mass is 9.94. The fourth-order valence-electron chi connectivity index (χ4n) is 3.98. The molecule has 8 heteroatoms. The van der Waals surface area contributed by atoms with Crippen molar-refractivity contribution in [3.05, 3.63) is 46.5 Å². The molecule has 0 aromatic heterocycles. The quantitative estimate of drug-likeness (QED) is 0.542. The molecule has 0 spiro atoms. The van der Waals surface area contributed by atoms with Crippen molar-refractivity contribution in [2.45, 2.75) is 0 Å². The van der Waals surface area contributed by atoms with Gasteiger partial charge in [-0.15, -0.1) is 0 Å². The van der Waals surface area contributed by atoms with Crippen LogP contribution >= 0.6 is 0 Å². The van der Waals surface area contributed by atoms with Gasteiger partial charge in [0.05, 0.1) is 42.7 Å². The summed E-state index contributed by atoms with van der Waals surface area (Å²) >= 11 is 0. The molecule has 0 unspecified atom stereocenters. The molecule has 1 aliphatic rings. The molecule has 34 heavy (non-hydrogen) atoms. The van der Waals surface area contributed by atoms with Crippen LogP contribution in [0.15, 0.2) is 35.4 Å². The molecular weight excluding hydrogens is 438 g/mol. The molecule has 182 valence electrons. The lowest BCUT2D eigenvalue weighted by Crippen LogP contribution is -2.34. The van der Waals surface area contributed by atoms with Crippen LogP contribution in [-0.2, 0) is 4.79 Å². The summed E-state index contributed by atoms with van der Waals surface area (Å²) in [6.45, 7) is 1.03. The lowest BCUT2D eigenvalue weighted by molar-refractivity contribution is -0.113. The van der Waals surface area contributed by atoms with E-state index >= 15 is 0 Å². The number of likely N-dealkylation sites (N-methyl/N-ethyl adjacent to an activating group) is 1. The number of hydrogen-bond donors (Lipinski definition) is 0. The molecule has 0 atom stereocenters. The summed E-state index contributed by atoms with van der Waals surface area (Å²) in [6.07, 6.45) is 3.71. The lowest BCUT2D eigenvalue weighted by Gasteiger charge is -2.26. The third-order valence-electron chi connectivity index (χ3n) is 5.52. The van der Waals surface area contributed by atoms with Crippen molar-refractivity contribution in [2.75, 3.05) is 62.8 Å². The van der Waals surface area contributed by atoms with Crippen molar-refractivity contribution in [3.63, 3.8) is 0 Å². The van der Waals surface area contributed by atoms with Crippen molar-refractivity contribution < 1.29 is 33.2 Å². The average Bonchev–Trinajstić information content (AvgIpc) is 2.85. The zero-order chi connectivity index (χ0) is 24.8. The van der Waals surface area contributed by atoms with Crippen LogP contribution in [0.3, 0.4) is 0 Å². The monoisotopic (exact) mass is 469 g/mol. The van der Waals surface area contributed by atoms with E-state index < -0.39 is 0 Å². The zero-order valence-electron chi connectivity index (χ0n) is 20.7. The van der Waals surface area contributed by atoms with Crippen molar-refractivity contribution in [3.8, 4) is 34.5 Å². The minimum atomic E-state index is -0.0272. The summed E-state index contributed by atoms with van der Waals surface area (Å²) in [6, 6.07) is 7.27. The first-order chi connectivity index (χ1) is 16.4. The van der Waals surface area contributed by atoms with E-state index in [1.807, 2.05) is 43.5 Å². The summed E-state index contributed by atoms with van der Waals surface area (Å²) in [4.78, 5) is 15.5. The van der Waals surface area contributed by atoms with Gasteiger partial charge in [-0.1, -0.05) is 0 Å². The number of carbonyl (C=O) groups is 1. The van der Waals surface area contributed by atoms with E-state index in [1.54, 1.807) is 42.7 Å². The van der Waals surface area contributed by atoms with Gasteiger partial charge in [0.2, 0.25) is 11.5 Å². The molecule has 0 N–H and O–H groups in total. The minimum absolute atomic E-state index is 0.0272. The largest absolute Gasteiger partial charge is 0.493 e. The summed E-state index contributed by atoms with van der Waals surface area (Å²) < 4.78 is 32.6. The molecule has 0 saturated carbocycles. The molecule has 0 aliphatic carbocycles. The molecule has 0 radical (unpaired) electrons. The maximum absolute atomic E-state index is 13.4. The van der Waals surface area contributed by atoms with Crippen LogP contribution in [0.2, 0.25) is 0 Å². The number of likely N-dealkylation sites (tertiary alicyclic amines) is 1. The Labute approximate surface area is 200 Å². The molecule has 1 aliphatic heterocycles. The number of benzene rings is 2. The Morgan fingerprint density at radius 1 is 0.618 bits per heavy atom. The molecular formula is C26H31NO7. The van der Waals surface area contributed by atoms with Crippen molar-refractivity contribution in [2.24, 2.45) is 0 Å². The summed E-state index contributed by atoms with van der Waals surface area (Å²) in [5, 5.41) is 0. The van der Waals surface area contributed by atoms with Gasteiger partial charge in [0.15, 0.2) is 28.8 Å². The van der Waals surface area contributed by atoms with Crippen LogP contribution in [0.4, 0.5) is 0 Å². The van der Waals surface area contributed by atoms with Crippen LogP contribution in [0.5, 0.6) is 34.5 Å². The average molecular weight is 470 g/mol. The predicted molar refractivity (Wildman–Crippen MR) is 131 cm³/mol. The minimum Gasteiger partial charge on any atom is -0.493 e. The van der Waals surface area contributed by atoms with Gasteiger partial charge in [-0.3, -0.25) is 9.69 Å². The first-order valence-electron chi connectivity index (χ1n) is 10.6. The molecule has 0 bridgehead atoms. The van der Waals surface area contributed by atoms with Gasteiger partial charge in [0.1, 0.15) is 0 Å². The Bertz CT molecular complexity index is 985. The zero-order valence-corrected chi connectivity index (χ0v) is 20.7. The number of ketones is 1. The van der Waals surface area contributed by atoms with Gasteiger partial charge in [-0.05, 0) is 54.6 Å². The number of ether oxygens (including phenoxy) is 6. The topological polar surface area (TPSA) is 75.7 Å². The second-order valence-electron chi connectivity index (χ2n) is 7.76. The van der Waals surface area contributed by atoms with Crippen LogP contribution in [0.1, 0.15) is 11.1 Å². The van der Waals surface area contributed by atoms with Crippen LogP contribution in [-0.4, -0.2) is 73.5 Å². The fourth-order valence-corrected chi connectivity index (χ4v) is 3.98. The van der Waals surface area contributed by atoms with Gasteiger partial charge in [0, 0.05) is 24.2 Å². The van der Waals surface area contributed by atoms with Gasteiger partial charge in [-0.2, -0.15) is 0 Å². The number of nitrogens with zero attached hydrogens (tertiary/aromatic N) is 1. The second-order valence-corrected chi connectivity index (χ2v) is 7.76. The van der Waals surface area contributed by atoms with Gasteiger partial charge in [-0.25, -0.2) is 0 Å². The molecule has 1 fully saturated rings. The van der Waals surface area contributed by atoms with Crippen molar-refractivity contribution in [1.82, 2.24) is 4.90 Å². The molecule has 0 amide bonds. The van der Waals surface area contributed by atoms with Gasteiger partial charge in [0.25, 0.3) is 0 Å². The fraction of sp³-hybridized carbons (Fsp3) is 0.346. The first-order valence-corrected chi connectivity index (χ1v) is 10.6. The maximum Gasteiger partial charge on any atom is 0.203 e. The standard InChI is InChI=1S/C26H31NO7/c1-27-14-18(8-16-10-20(29-2)25(33-6)21(11-16)30-3)24(28)19(15-27)9-17-12-22(31-4)26(34-7)23(13-17)32-5/h8-13H,14-15H2,1-7H3/b18-8+,19-9+. The predicted octanol–water partition coefficient (Wildman–Crippen LogP) is 3.72. The number of Topliss-reactive ketones (excluding diaryl/α,β-unsaturated/α-hetero) is 1. The Morgan fingerprint density at radius 3 is 1.21 bits per heavy atom. The first kappa shape index (κ1) is 25.0. The summed E-state index contributed by atoms with van der Waals surface area (Å²) in [5.41, 5.74) is 2.86. The molecule has 1 saturated heterocycles. The highest BCUT2D eigenvalue weighted by Crippen LogP contribution is 2.40. The van der Waals surface area contributed by atoms with E-state index in [0.717, 1.165) is 11.1 Å². The highest BCUT2D eigenvalue weighted by Gasteiger charge is 2.25. The van der Waals surface area contributed by atoms with Crippen LogP contribution in [0, 0.1) is 0 Å². The molecule has 3 rings (SSSR count). The van der Waals surface area contributed by atoms with E-state index in [4.69, 9.17) is 28.4 Å². The number of piperidine rings is 1. The smallest absolute Gasteiger partial charge is 0.203 e. The Morgan fingerprint density at radius 2 is 0.941 bits per heavy atom. The summed E-state index contributed by atoms with van der Waals surface area (Å²) in [5.74, 6) is 3.08. The van der Waals surface area contributed by atoms with Gasteiger partial charge < -0.3 is 28.4 Å².